The summed E-state index contributed by atoms with van der Waals surface area (Å²) in [6.07, 6.45) is 2.25. The zero-order valence-corrected chi connectivity index (χ0v) is 15.8. The van der Waals surface area contributed by atoms with Gasteiger partial charge in [-0.1, -0.05) is 29.8 Å². The monoisotopic (exact) mass is 380 g/mol. The third-order valence-electron chi connectivity index (χ3n) is 4.27. The number of piperidine rings is 1. The first kappa shape index (κ1) is 22.6. The molecule has 27 heavy (non-hydrogen) atoms. The van der Waals surface area contributed by atoms with Gasteiger partial charge in [0, 0.05) is 20.3 Å². The molecule has 150 valence electrons. The first-order chi connectivity index (χ1) is 12.8. The van der Waals surface area contributed by atoms with Gasteiger partial charge in [-0.05, 0) is 44.3 Å². The molecule has 1 fully saturated rings. The molecule has 0 bridgehead atoms. The first-order valence-electron chi connectivity index (χ1n) is 8.81. The fourth-order valence-electron chi connectivity index (χ4n) is 2.71. The van der Waals surface area contributed by atoms with Crippen molar-refractivity contribution in [1.82, 2.24) is 10.2 Å². The van der Waals surface area contributed by atoms with Crippen molar-refractivity contribution in [2.45, 2.75) is 26.3 Å². The molecule has 1 aliphatic heterocycles. The van der Waals surface area contributed by atoms with E-state index in [1.807, 2.05) is 0 Å². The van der Waals surface area contributed by atoms with Crippen LogP contribution in [0.15, 0.2) is 24.3 Å². The number of nitrogens with one attached hydrogen (secondary N) is 1. The maximum absolute atomic E-state index is 12.0. The van der Waals surface area contributed by atoms with Crippen molar-refractivity contribution in [3.8, 4) is 0 Å². The largest absolute Gasteiger partial charge is 0.473 e. The number of methoxy groups -OCH3 is 1. The molecule has 0 aliphatic carbocycles. The Kier molecular flexibility index (Phi) is 10.1. The Labute approximate surface area is 159 Å². The van der Waals surface area contributed by atoms with Crippen molar-refractivity contribution in [1.29, 1.82) is 0 Å². The molecular weight excluding hydrogens is 352 g/mol. The molecule has 0 aromatic heterocycles. The SMILES string of the molecule is COCC1CCN(CC(=O)NCc2ccc(C)cc2)CC1.O=C(O)C(=O)O. The predicted octanol–water partition coefficient (Wildman–Crippen LogP) is 1.13. The molecule has 0 saturated carbocycles. The van der Waals surface area contributed by atoms with Crippen molar-refractivity contribution < 1.29 is 29.3 Å². The standard InChI is InChI=1S/C17H26N2O2.C2H2O4/c1-14-3-5-15(6-4-14)11-18-17(20)12-19-9-7-16(8-10-19)13-21-2;3-1(4)2(5)6/h3-6,16H,7-13H2,1-2H3,(H,18,20);(H,3,4)(H,5,6). The molecule has 0 atom stereocenters. The third kappa shape index (κ3) is 9.72. The van der Waals surface area contributed by atoms with E-state index in [0.717, 1.165) is 38.1 Å². The van der Waals surface area contributed by atoms with Crippen LogP contribution in [-0.4, -0.2) is 66.3 Å². The summed E-state index contributed by atoms with van der Waals surface area (Å²) in [5.74, 6) is -2.88. The van der Waals surface area contributed by atoms with E-state index in [1.54, 1.807) is 7.11 Å². The second kappa shape index (κ2) is 12.0. The summed E-state index contributed by atoms with van der Waals surface area (Å²) >= 11 is 0. The number of carboxylic acids is 2. The molecule has 1 heterocycles. The highest BCUT2D eigenvalue weighted by Gasteiger charge is 2.20. The van der Waals surface area contributed by atoms with Gasteiger partial charge in [0.1, 0.15) is 0 Å². The van der Waals surface area contributed by atoms with Gasteiger partial charge in [0.2, 0.25) is 5.91 Å². The molecule has 1 aromatic carbocycles. The second-order valence-corrected chi connectivity index (χ2v) is 6.55. The maximum Gasteiger partial charge on any atom is 0.414 e. The number of benzene rings is 1. The van der Waals surface area contributed by atoms with E-state index in [4.69, 9.17) is 24.5 Å². The van der Waals surface area contributed by atoms with Crippen molar-refractivity contribution in [2.24, 2.45) is 5.92 Å². The van der Waals surface area contributed by atoms with E-state index >= 15 is 0 Å². The first-order valence-corrected chi connectivity index (χ1v) is 8.81. The van der Waals surface area contributed by atoms with E-state index < -0.39 is 11.9 Å². The number of carbonyl (C=O) groups is 3. The lowest BCUT2D eigenvalue weighted by Crippen LogP contribution is -2.41. The van der Waals surface area contributed by atoms with Crippen LogP contribution in [0.25, 0.3) is 0 Å². The van der Waals surface area contributed by atoms with Crippen molar-refractivity contribution in [3.63, 3.8) is 0 Å². The van der Waals surface area contributed by atoms with Crippen LogP contribution in [0.2, 0.25) is 0 Å². The summed E-state index contributed by atoms with van der Waals surface area (Å²) in [6, 6.07) is 8.27. The molecule has 3 N–H and O–H groups in total. The van der Waals surface area contributed by atoms with Crippen molar-refractivity contribution in [2.75, 3.05) is 33.4 Å². The Bertz CT molecular complexity index is 597. The molecule has 0 spiro atoms. The Morgan fingerprint density at radius 2 is 1.67 bits per heavy atom. The van der Waals surface area contributed by atoms with E-state index in [9.17, 15) is 4.79 Å². The number of aliphatic carboxylic acids is 2. The van der Waals surface area contributed by atoms with Gasteiger partial charge >= 0.3 is 11.9 Å². The Hall–Kier alpha value is -2.45. The Morgan fingerprint density at radius 1 is 1.11 bits per heavy atom. The van der Waals surface area contributed by atoms with Gasteiger partial charge in [-0.15, -0.1) is 0 Å². The molecule has 2 rings (SSSR count). The molecule has 1 amide bonds. The van der Waals surface area contributed by atoms with E-state index in [-0.39, 0.29) is 5.91 Å². The number of carboxylic acid groups (broad SMARTS) is 2. The van der Waals surface area contributed by atoms with Gasteiger partial charge in [0.25, 0.3) is 0 Å². The minimum absolute atomic E-state index is 0.112. The number of nitrogens with zero attached hydrogens (tertiary/aromatic N) is 1. The molecule has 0 radical (unpaired) electrons. The van der Waals surface area contributed by atoms with Crippen LogP contribution in [0, 0.1) is 12.8 Å². The lowest BCUT2D eigenvalue weighted by atomic mass is 9.98. The lowest BCUT2D eigenvalue weighted by Gasteiger charge is -2.31. The van der Waals surface area contributed by atoms with Crippen LogP contribution in [-0.2, 0) is 25.7 Å². The van der Waals surface area contributed by atoms with E-state index in [0.29, 0.717) is 19.0 Å². The summed E-state index contributed by atoms with van der Waals surface area (Å²) < 4.78 is 5.20. The number of ether oxygens (including phenoxy) is 1. The zero-order chi connectivity index (χ0) is 20.2. The average Bonchev–Trinajstić information content (AvgIpc) is 2.63. The molecule has 8 nitrogen and oxygen atoms in total. The van der Waals surface area contributed by atoms with Crippen LogP contribution in [0.4, 0.5) is 0 Å². The third-order valence-corrected chi connectivity index (χ3v) is 4.27. The fourth-order valence-corrected chi connectivity index (χ4v) is 2.71. The minimum atomic E-state index is -1.82. The summed E-state index contributed by atoms with van der Waals surface area (Å²) in [5.41, 5.74) is 2.39. The number of rotatable bonds is 6. The number of likely N-dealkylation sites (tertiary alicyclic amines) is 1. The highest BCUT2D eigenvalue weighted by atomic mass is 16.5. The second-order valence-electron chi connectivity index (χ2n) is 6.55. The van der Waals surface area contributed by atoms with Crippen LogP contribution in [0.3, 0.4) is 0 Å². The molecule has 8 heteroatoms. The zero-order valence-electron chi connectivity index (χ0n) is 15.8. The van der Waals surface area contributed by atoms with Gasteiger partial charge in [-0.25, -0.2) is 9.59 Å². The average molecular weight is 380 g/mol. The quantitative estimate of drug-likeness (QED) is 0.633. The highest BCUT2D eigenvalue weighted by Crippen LogP contribution is 2.16. The van der Waals surface area contributed by atoms with Crippen molar-refractivity contribution in [3.05, 3.63) is 35.4 Å². The predicted molar refractivity (Wildman–Crippen MR) is 99.3 cm³/mol. The Balaban J connectivity index is 0.000000527. The highest BCUT2D eigenvalue weighted by molar-refractivity contribution is 6.27. The summed E-state index contributed by atoms with van der Waals surface area (Å²) in [7, 11) is 1.75. The maximum atomic E-state index is 12.0. The van der Waals surface area contributed by atoms with Crippen LogP contribution < -0.4 is 5.32 Å². The topological polar surface area (TPSA) is 116 Å². The van der Waals surface area contributed by atoms with Gasteiger partial charge in [-0.2, -0.15) is 0 Å². The van der Waals surface area contributed by atoms with Crippen LogP contribution >= 0.6 is 0 Å². The number of aryl methyl sites for hydroxylation is 1. The van der Waals surface area contributed by atoms with Crippen LogP contribution in [0.5, 0.6) is 0 Å². The smallest absolute Gasteiger partial charge is 0.414 e. The molecule has 1 aromatic rings. The summed E-state index contributed by atoms with van der Waals surface area (Å²) in [6.45, 7) is 6.01. The molecule has 1 aliphatic rings. The number of hydrogen-bond acceptors (Lipinski definition) is 5. The summed E-state index contributed by atoms with van der Waals surface area (Å²) in [5, 5.41) is 17.8. The normalized spacial score (nSPS) is 14.7. The van der Waals surface area contributed by atoms with E-state index in [2.05, 4.69) is 41.4 Å². The Morgan fingerprint density at radius 3 is 2.15 bits per heavy atom. The van der Waals surface area contributed by atoms with Gasteiger partial charge in [-0.3, -0.25) is 9.69 Å². The molecule has 1 saturated heterocycles. The minimum Gasteiger partial charge on any atom is -0.473 e. The molecule has 0 unspecified atom stereocenters. The molecular formula is C19H28N2O6. The van der Waals surface area contributed by atoms with Crippen LogP contribution in [0.1, 0.15) is 24.0 Å². The van der Waals surface area contributed by atoms with Gasteiger partial charge in [0.05, 0.1) is 6.54 Å². The number of carbonyl (C=O) groups excluding carboxylic acids is 1. The van der Waals surface area contributed by atoms with Crippen molar-refractivity contribution >= 4 is 17.8 Å². The van der Waals surface area contributed by atoms with Gasteiger partial charge in [0.15, 0.2) is 0 Å². The summed E-state index contributed by atoms with van der Waals surface area (Å²) in [4.78, 5) is 32.4. The number of hydrogen-bond donors (Lipinski definition) is 3. The fraction of sp³-hybridized carbons (Fsp3) is 0.526. The van der Waals surface area contributed by atoms with E-state index in [1.165, 1.54) is 5.56 Å². The lowest BCUT2D eigenvalue weighted by molar-refractivity contribution is -0.159. The number of amides is 1. The van der Waals surface area contributed by atoms with Gasteiger partial charge < -0.3 is 20.3 Å².